The van der Waals surface area contributed by atoms with Crippen molar-refractivity contribution in [3.8, 4) is 0 Å². The summed E-state index contributed by atoms with van der Waals surface area (Å²) in [6.45, 7) is 9.14. The highest BCUT2D eigenvalue weighted by molar-refractivity contribution is 5.87. The smallest absolute Gasteiger partial charge is 0.410 e. The average Bonchev–Trinajstić information content (AvgIpc) is 2.67. The fourth-order valence-electron chi connectivity index (χ4n) is 2.77. The van der Waals surface area contributed by atoms with Crippen LogP contribution in [0.5, 0.6) is 0 Å². The molecule has 0 aromatic carbocycles. The quantitative estimate of drug-likeness (QED) is 0.789. The van der Waals surface area contributed by atoms with Crippen molar-refractivity contribution >= 4 is 11.9 Å². The summed E-state index contributed by atoms with van der Waals surface area (Å²) in [7, 11) is 0. The van der Waals surface area contributed by atoms with E-state index in [-0.39, 0.29) is 17.8 Å². The fraction of sp³-hybridized carbons (Fsp3) is 0.733. The van der Waals surface area contributed by atoms with Crippen LogP contribution in [0.25, 0.3) is 0 Å². The summed E-state index contributed by atoms with van der Waals surface area (Å²) < 4.78 is 11.2. The Morgan fingerprint density at radius 1 is 1.50 bits per heavy atom. The molecule has 20 heavy (non-hydrogen) atoms. The minimum Gasteiger partial charge on any atom is -0.444 e. The van der Waals surface area contributed by atoms with Gasteiger partial charge in [0.2, 0.25) is 0 Å². The van der Waals surface area contributed by atoms with Gasteiger partial charge in [0.25, 0.3) is 0 Å². The third kappa shape index (κ3) is 2.59. The highest BCUT2D eigenvalue weighted by Gasteiger charge is 2.54. The second kappa shape index (κ2) is 4.88. The number of hydrogen-bond acceptors (Lipinski definition) is 4. The van der Waals surface area contributed by atoms with Crippen LogP contribution in [-0.2, 0) is 14.3 Å². The van der Waals surface area contributed by atoms with E-state index in [1.807, 2.05) is 13.0 Å². The zero-order valence-corrected chi connectivity index (χ0v) is 12.7. The SMILES string of the molecule is CC[C@H]1C(=O)[C@H](C)[C@]2(NC(=O)OC(C)(C)C)C=C[C@H]1O2. The Hall–Kier alpha value is -1.36. The number of rotatable bonds is 2. The maximum Gasteiger partial charge on any atom is 0.410 e. The molecule has 5 heteroatoms. The molecule has 0 aromatic heterocycles. The summed E-state index contributed by atoms with van der Waals surface area (Å²) in [4.78, 5) is 24.3. The number of amides is 1. The van der Waals surface area contributed by atoms with Gasteiger partial charge in [-0.2, -0.15) is 0 Å². The molecular formula is C15H23NO4. The molecule has 0 saturated carbocycles. The van der Waals surface area contributed by atoms with Gasteiger partial charge in [0.15, 0.2) is 5.72 Å². The lowest BCUT2D eigenvalue weighted by Gasteiger charge is -2.41. The van der Waals surface area contributed by atoms with Gasteiger partial charge in [0.05, 0.1) is 12.0 Å². The van der Waals surface area contributed by atoms with E-state index in [2.05, 4.69) is 5.32 Å². The highest BCUT2D eigenvalue weighted by atomic mass is 16.6. The summed E-state index contributed by atoms with van der Waals surface area (Å²) in [6, 6.07) is 0. The molecule has 2 rings (SSSR count). The molecule has 1 fully saturated rings. The fourth-order valence-corrected chi connectivity index (χ4v) is 2.77. The van der Waals surface area contributed by atoms with Crippen LogP contribution in [0.4, 0.5) is 4.79 Å². The first kappa shape index (κ1) is 15.0. The van der Waals surface area contributed by atoms with E-state index in [1.165, 1.54) is 0 Å². The van der Waals surface area contributed by atoms with Crippen molar-refractivity contribution < 1.29 is 19.1 Å². The first-order valence-electron chi connectivity index (χ1n) is 7.10. The summed E-state index contributed by atoms with van der Waals surface area (Å²) in [5.74, 6) is -0.419. The third-order valence-electron chi connectivity index (χ3n) is 3.83. The number of carbonyl (C=O) groups excluding carboxylic acids is 2. The van der Waals surface area contributed by atoms with Crippen molar-refractivity contribution in [3.05, 3.63) is 12.2 Å². The lowest BCUT2D eigenvalue weighted by Crippen LogP contribution is -2.60. The maximum atomic E-state index is 12.4. The summed E-state index contributed by atoms with van der Waals surface area (Å²) in [6.07, 6.45) is 3.56. The summed E-state index contributed by atoms with van der Waals surface area (Å²) >= 11 is 0. The molecule has 2 aliphatic heterocycles. The van der Waals surface area contributed by atoms with Gasteiger partial charge in [-0.3, -0.25) is 10.1 Å². The van der Waals surface area contributed by atoms with E-state index in [0.29, 0.717) is 0 Å². The van der Waals surface area contributed by atoms with Crippen molar-refractivity contribution in [1.29, 1.82) is 0 Å². The Labute approximate surface area is 119 Å². The molecule has 1 N–H and O–H groups in total. The predicted octanol–water partition coefficient (Wildman–Crippen LogP) is 2.41. The van der Waals surface area contributed by atoms with Gasteiger partial charge in [0.1, 0.15) is 11.4 Å². The molecule has 0 aromatic rings. The molecule has 0 spiro atoms. The van der Waals surface area contributed by atoms with E-state index in [0.717, 1.165) is 6.42 Å². The number of carbonyl (C=O) groups is 2. The normalized spacial score (nSPS) is 36.0. The second-order valence-corrected chi connectivity index (χ2v) is 6.50. The molecule has 0 unspecified atom stereocenters. The van der Waals surface area contributed by atoms with Gasteiger partial charge in [-0.15, -0.1) is 0 Å². The van der Waals surface area contributed by atoms with Crippen LogP contribution in [0.2, 0.25) is 0 Å². The largest absolute Gasteiger partial charge is 0.444 e. The standard InChI is InChI=1S/C15H23NO4/c1-6-10-11-7-8-15(19-11,9(2)12(10)17)16-13(18)20-14(3,4)5/h7-11H,6H2,1-5H3,(H,16,18)/t9-,10+,11+,15-/m0/s1. The van der Waals surface area contributed by atoms with Gasteiger partial charge < -0.3 is 9.47 Å². The summed E-state index contributed by atoms with van der Waals surface area (Å²) in [5.41, 5.74) is -1.65. The topological polar surface area (TPSA) is 64.6 Å². The van der Waals surface area contributed by atoms with Crippen molar-refractivity contribution in [2.75, 3.05) is 0 Å². The monoisotopic (exact) mass is 281 g/mol. The van der Waals surface area contributed by atoms with Crippen LogP contribution in [0.15, 0.2) is 12.2 Å². The van der Waals surface area contributed by atoms with Gasteiger partial charge in [0, 0.05) is 5.92 Å². The molecule has 1 amide bonds. The molecule has 1 saturated heterocycles. The zero-order valence-electron chi connectivity index (χ0n) is 12.7. The molecule has 0 radical (unpaired) electrons. The first-order valence-corrected chi connectivity index (χ1v) is 7.10. The van der Waals surface area contributed by atoms with Crippen LogP contribution >= 0.6 is 0 Å². The van der Waals surface area contributed by atoms with Gasteiger partial charge >= 0.3 is 6.09 Å². The number of ether oxygens (including phenoxy) is 2. The molecule has 2 bridgehead atoms. The Bertz CT molecular complexity index is 451. The Morgan fingerprint density at radius 3 is 2.70 bits per heavy atom. The van der Waals surface area contributed by atoms with E-state index >= 15 is 0 Å². The van der Waals surface area contributed by atoms with Crippen molar-refractivity contribution in [1.82, 2.24) is 5.32 Å². The number of hydrogen-bond donors (Lipinski definition) is 1. The van der Waals surface area contributed by atoms with Crippen LogP contribution in [0.1, 0.15) is 41.0 Å². The van der Waals surface area contributed by atoms with Gasteiger partial charge in [-0.1, -0.05) is 19.9 Å². The number of alkyl carbamates (subject to hydrolysis) is 1. The van der Waals surface area contributed by atoms with E-state index in [4.69, 9.17) is 9.47 Å². The van der Waals surface area contributed by atoms with Gasteiger partial charge in [-0.25, -0.2) is 4.79 Å². The van der Waals surface area contributed by atoms with Crippen molar-refractivity contribution in [2.45, 2.75) is 58.5 Å². The second-order valence-electron chi connectivity index (χ2n) is 6.50. The van der Waals surface area contributed by atoms with Crippen LogP contribution in [-0.4, -0.2) is 29.3 Å². The summed E-state index contributed by atoms with van der Waals surface area (Å²) in [5, 5.41) is 2.71. The molecule has 2 heterocycles. The number of ketones is 1. The van der Waals surface area contributed by atoms with E-state index in [9.17, 15) is 9.59 Å². The molecule has 4 atom stereocenters. The van der Waals surface area contributed by atoms with Crippen molar-refractivity contribution in [2.24, 2.45) is 11.8 Å². The first-order chi connectivity index (χ1) is 9.18. The lowest BCUT2D eigenvalue weighted by molar-refractivity contribution is -0.165. The van der Waals surface area contributed by atoms with E-state index < -0.39 is 23.3 Å². The molecule has 112 valence electrons. The maximum absolute atomic E-state index is 12.4. The van der Waals surface area contributed by atoms with Crippen molar-refractivity contribution in [3.63, 3.8) is 0 Å². The lowest BCUT2D eigenvalue weighted by atomic mass is 9.82. The molecular weight excluding hydrogens is 258 g/mol. The Kier molecular flexibility index (Phi) is 3.67. The molecule has 5 nitrogen and oxygen atoms in total. The number of fused-ring (bicyclic) bond motifs is 2. The predicted molar refractivity (Wildman–Crippen MR) is 74.1 cm³/mol. The minimum atomic E-state index is -1.06. The Balaban J connectivity index is 2.14. The molecule has 2 aliphatic rings. The molecule has 0 aliphatic carbocycles. The van der Waals surface area contributed by atoms with Crippen LogP contribution in [0, 0.1) is 11.8 Å². The average molecular weight is 281 g/mol. The zero-order chi connectivity index (χ0) is 15.1. The minimum absolute atomic E-state index is 0.127. The Morgan fingerprint density at radius 2 is 2.15 bits per heavy atom. The number of nitrogens with one attached hydrogen (secondary N) is 1. The van der Waals surface area contributed by atoms with E-state index in [1.54, 1.807) is 33.8 Å². The third-order valence-corrected chi connectivity index (χ3v) is 3.83. The van der Waals surface area contributed by atoms with Crippen LogP contribution < -0.4 is 5.32 Å². The van der Waals surface area contributed by atoms with Gasteiger partial charge in [-0.05, 0) is 33.3 Å². The highest BCUT2D eigenvalue weighted by Crippen LogP contribution is 2.40. The number of Topliss-reactive ketones (excluding diaryl/α,β-unsaturated/α-hetero) is 1. The van der Waals surface area contributed by atoms with Crippen LogP contribution in [0.3, 0.4) is 0 Å².